The van der Waals surface area contributed by atoms with Crippen molar-refractivity contribution in [2.24, 2.45) is 0 Å². The Morgan fingerprint density at radius 1 is 1.32 bits per heavy atom. The van der Waals surface area contributed by atoms with Crippen LogP contribution in [-0.4, -0.2) is 67.5 Å². The van der Waals surface area contributed by atoms with E-state index in [2.05, 4.69) is 10.3 Å². The Morgan fingerprint density at radius 2 is 2.20 bits per heavy atom. The number of carbonyl (C=O) groups excluding carboxylic acids is 1. The van der Waals surface area contributed by atoms with Gasteiger partial charge in [0.05, 0.1) is 23.1 Å². The number of hydrogen-bond donors (Lipinski definition) is 1. The zero-order valence-electron chi connectivity index (χ0n) is 13.6. The van der Waals surface area contributed by atoms with Crippen molar-refractivity contribution in [2.75, 3.05) is 31.2 Å². The fraction of sp³-hybridized carbons (Fsp3) is 0.412. The second kappa shape index (κ2) is 6.27. The molecule has 1 amide bonds. The van der Waals surface area contributed by atoms with Gasteiger partial charge in [0.1, 0.15) is 5.75 Å². The quantitative estimate of drug-likeness (QED) is 0.841. The number of nitrogens with zero attached hydrogens (tertiary/aromatic N) is 2. The van der Waals surface area contributed by atoms with E-state index < -0.39 is 9.84 Å². The minimum absolute atomic E-state index is 0.0241. The summed E-state index contributed by atoms with van der Waals surface area (Å²) in [5, 5.41) is 4.20. The molecule has 1 N–H and O–H groups in total. The Morgan fingerprint density at radius 3 is 3.08 bits per heavy atom. The minimum atomic E-state index is -3.09. The van der Waals surface area contributed by atoms with Crippen LogP contribution in [-0.2, 0) is 14.6 Å². The molecule has 4 rings (SSSR count). The molecule has 0 radical (unpaired) electrons. The van der Waals surface area contributed by atoms with E-state index in [1.54, 1.807) is 23.2 Å². The van der Waals surface area contributed by atoms with Crippen LogP contribution in [0.1, 0.15) is 0 Å². The zero-order valence-corrected chi connectivity index (χ0v) is 14.4. The third-order valence-electron chi connectivity index (χ3n) is 4.74. The number of ether oxygens (including phenoxy) is 1. The van der Waals surface area contributed by atoms with Crippen molar-refractivity contribution in [1.82, 2.24) is 15.2 Å². The fourth-order valence-corrected chi connectivity index (χ4v) is 5.50. The van der Waals surface area contributed by atoms with Crippen LogP contribution in [0.3, 0.4) is 0 Å². The summed E-state index contributed by atoms with van der Waals surface area (Å²) in [4.78, 5) is 18.5. The van der Waals surface area contributed by atoms with E-state index in [1.165, 1.54) is 0 Å². The molecule has 7 nitrogen and oxygen atoms in total. The molecule has 1 aromatic heterocycles. The van der Waals surface area contributed by atoms with Crippen molar-refractivity contribution in [2.45, 2.75) is 12.1 Å². The number of nitrogens with one attached hydrogen (secondary N) is 1. The number of fused-ring (bicyclic) bond motifs is 2. The van der Waals surface area contributed by atoms with Crippen LogP contribution >= 0.6 is 0 Å². The maximum Gasteiger partial charge on any atom is 0.260 e. The van der Waals surface area contributed by atoms with Gasteiger partial charge in [-0.05, 0) is 18.2 Å². The van der Waals surface area contributed by atoms with Gasteiger partial charge in [-0.25, -0.2) is 8.42 Å². The molecule has 2 aliphatic heterocycles. The summed E-state index contributed by atoms with van der Waals surface area (Å²) in [5.41, 5.74) is 0.802. The molecule has 1 aromatic carbocycles. The van der Waals surface area contributed by atoms with Crippen LogP contribution in [0.25, 0.3) is 10.9 Å². The normalized spacial score (nSPS) is 24.9. The summed E-state index contributed by atoms with van der Waals surface area (Å²) >= 11 is 0. The number of aromatic nitrogens is 1. The van der Waals surface area contributed by atoms with Gasteiger partial charge < -0.3 is 15.0 Å². The smallest absolute Gasteiger partial charge is 0.260 e. The number of benzene rings is 1. The molecule has 132 valence electrons. The second-order valence-corrected chi connectivity index (χ2v) is 8.59. The predicted molar refractivity (Wildman–Crippen MR) is 93.2 cm³/mol. The number of rotatable bonds is 3. The highest BCUT2D eigenvalue weighted by molar-refractivity contribution is 7.91. The van der Waals surface area contributed by atoms with E-state index in [0.29, 0.717) is 18.8 Å². The van der Waals surface area contributed by atoms with Crippen molar-refractivity contribution in [3.05, 3.63) is 36.5 Å². The SMILES string of the molecule is O=C(COc1ccc2cccnc2c1)N1CCN[C@@H]2CS(=O)(=O)C[C@@H]21. The first kappa shape index (κ1) is 16.3. The molecule has 8 heteroatoms. The lowest BCUT2D eigenvalue weighted by Gasteiger charge is -2.37. The molecule has 0 bridgehead atoms. The van der Waals surface area contributed by atoms with Gasteiger partial charge in [-0.15, -0.1) is 0 Å². The van der Waals surface area contributed by atoms with Crippen LogP contribution in [0.4, 0.5) is 0 Å². The lowest BCUT2D eigenvalue weighted by atomic mass is 10.1. The Bertz CT molecular complexity index is 915. The molecule has 2 atom stereocenters. The standard InChI is InChI=1S/C17H19N3O4S/c21-17(20-7-6-19-15-10-25(22,23)11-16(15)20)9-24-13-4-3-12-2-1-5-18-14(12)8-13/h1-5,8,15-16,19H,6-7,9-11H2/t15-,16+/m1/s1. The average molecular weight is 361 g/mol. The summed E-state index contributed by atoms with van der Waals surface area (Å²) in [6.45, 7) is 0.988. The third-order valence-corrected chi connectivity index (χ3v) is 6.46. The molecule has 2 aliphatic rings. The second-order valence-electron chi connectivity index (χ2n) is 6.44. The Labute approximate surface area is 145 Å². The zero-order chi connectivity index (χ0) is 17.4. The Hall–Kier alpha value is -2.19. The van der Waals surface area contributed by atoms with Crippen molar-refractivity contribution < 1.29 is 17.9 Å². The minimum Gasteiger partial charge on any atom is -0.484 e. The largest absolute Gasteiger partial charge is 0.484 e. The maximum absolute atomic E-state index is 12.6. The number of carbonyl (C=O) groups is 1. The van der Waals surface area contributed by atoms with Gasteiger partial charge in [0.25, 0.3) is 5.91 Å². The van der Waals surface area contributed by atoms with Gasteiger partial charge in [0, 0.05) is 36.8 Å². The number of hydrogen-bond acceptors (Lipinski definition) is 6. The molecule has 2 fully saturated rings. The molecule has 2 saturated heterocycles. The lowest BCUT2D eigenvalue weighted by molar-refractivity contribution is -0.136. The topological polar surface area (TPSA) is 88.6 Å². The first-order valence-electron chi connectivity index (χ1n) is 8.23. The third kappa shape index (κ3) is 3.32. The Kier molecular flexibility index (Phi) is 4.09. The number of pyridine rings is 1. The first-order valence-corrected chi connectivity index (χ1v) is 10.0. The lowest BCUT2D eigenvalue weighted by Crippen LogP contribution is -2.59. The monoisotopic (exact) mass is 361 g/mol. The van der Waals surface area contributed by atoms with Gasteiger partial charge in [-0.2, -0.15) is 0 Å². The van der Waals surface area contributed by atoms with Gasteiger partial charge in [0.2, 0.25) is 0 Å². The van der Waals surface area contributed by atoms with Crippen molar-refractivity contribution in [1.29, 1.82) is 0 Å². The van der Waals surface area contributed by atoms with Gasteiger partial charge in [-0.1, -0.05) is 6.07 Å². The molecule has 0 unspecified atom stereocenters. The summed E-state index contributed by atoms with van der Waals surface area (Å²) < 4.78 is 29.3. The van der Waals surface area contributed by atoms with Crippen molar-refractivity contribution in [3.8, 4) is 5.75 Å². The van der Waals surface area contributed by atoms with Crippen LogP contribution in [0.15, 0.2) is 36.5 Å². The number of piperazine rings is 1. The molecule has 0 aliphatic carbocycles. The van der Waals surface area contributed by atoms with E-state index in [9.17, 15) is 13.2 Å². The fourth-order valence-electron chi connectivity index (χ4n) is 3.54. The van der Waals surface area contributed by atoms with Gasteiger partial charge >= 0.3 is 0 Å². The number of sulfone groups is 1. The highest BCUT2D eigenvalue weighted by Crippen LogP contribution is 2.22. The summed E-state index contributed by atoms with van der Waals surface area (Å²) in [5.74, 6) is 0.509. The summed E-state index contributed by atoms with van der Waals surface area (Å²) in [6.07, 6.45) is 1.71. The molecule has 0 spiro atoms. The van der Waals surface area contributed by atoms with Crippen molar-refractivity contribution >= 4 is 26.6 Å². The molecule has 3 heterocycles. The highest BCUT2D eigenvalue weighted by Gasteiger charge is 2.44. The van der Waals surface area contributed by atoms with Crippen LogP contribution in [0.5, 0.6) is 5.75 Å². The predicted octanol–water partition coefficient (Wildman–Crippen LogP) is 0.211. The Balaban J connectivity index is 1.44. The van der Waals surface area contributed by atoms with Gasteiger partial charge in [-0.3, -0.25) is 9.78 Å². The van der Waals surface area contributed by atoms with Gasteiger partial charge in [0.15, 0.2) is 16.4 Å². The molecular formula is C17H19N3O4S. The molecular weight excluding hydrogens is 342 g/mol. The van der Waals surface area contributed by atoms with E-state index in [1.807, 2.05) is 18.2 Å². The summed E-state index contributed by atoms with van der Waals surface area (Å²) in [6, 6.07) is 8.84. The molecule has 25 heavy (non-hydrogen) atoms. The van der Waals surface area contributed by atoms with E-state index in [-0.39, 0.29) is 36.1 Å². The first-order chi connectivity index (χ1) is 12.0. The van der Waals surface area contributed by atoms with E-state index >= 15 is 0 Å². The van der Waals surface area contributed by atoms with Crippen LogP contribution in [0.2, 0.25) is 0 Å². The summed E-state index contributed by atoms with van der Waals surface area (Å²) in [7, 11) is -3.09. The highest BCUT2D eigenvalue weighted by atomic mass is 32.2. The van der Waals surface area contributed by atoms with Crippen LogP contribution in [0, 0.1) is 0 Å². The van der Waals surface area contributed by atoms with E-state index in [4.69, 9.17) is 4.74 Å². The average Bonchev–Trinajstić information content (AvgIpc) is 2.93. The van der Waals surface area contributed by atoms with Crippen LogP contribution < -0.4 is 10.1 Å². The van der Waals surface area contributed by atoms with E-state index in [0.717, 1.165) is 10.9 Å². The molecule has 2 aromatic rings. The molecule has 0 saturated carbocycles. The maximum atomic E-state index is 12.6. The van der Waals surface area contributed by atoms with Crippen molar-refractivity contribution in [3.63, 3.8) is 0 Å². The number of amides is 1.